The van der Waals surface area contributed by atoms with Crippen molar-refractivity contribution < 1.29 is 14.7 Å². The minimum Gasteiger partial charge on any atom is -0.480 e. The summed E-state index contributed by atoms with van der Waals surface area (Å²) in [6, 6.07) is 8.68. The number of rotatable bonds is 2. The van der Waals surface area contributed by atoms with Crippen molar-refractivity contribution in [2.45, 2.75) is 18.9 Å². The van der Waals surface area contributed by atoms with Crippen molar-refractivity contribution in [1.82, 2.24) is 4.90 Å². The highest BCUT2D eigenvalue weighted by molar-refractivity contribution is 5.87. The normalized spacial score (nSPS) is 18.3. The molecule has 18 heavy (non-hydrogen) atoms. The second-order valence-electron chi connectivity index (χ2n) is 4.08. The maximum absolute atomic E-state index is 11.5. The Morgan fingerprint density at radius 1 is 1.39 bits per heavy atom. The Hall–Kier alpha value is -2.28. The maximum Gasteiger partial charge on any atom is 0.326 e. The first-order chi connectivity index (χ1) is 8.68. The lowest BCUT2D eigenvalue weighted by molar-refractivity contribution is -0.145. The molecule has 2 rings (SSSR count). The van der Waals surface area contributed by atoms with E-state index >= 15 is 0 Å². The predicted octanol–water partition coefficient (Wildman–Crippen LogP) is 1.11. The molecular formula is C14H13NO3. The second kappa shape index (κ2) is 5.37. The predicted molar refractivity (Wildman–Crippen MR) is 65.7 cm³/mol. The first kappa shape index (κ1) is 12.2. The summed E-state index contributed by atoms with van der Waals surface area (Å²) in [5.74, 6) is 4.67. The number of likely N-dealkylation sites (tertiary alicyclic amines) is 1. The summed E-state index contributed by atoms with van der Waals surface area (Å²) in [6.07, 6.45) is 0.672. The van der Waals surface area contributed by atoms with Gasteiger partial charge in [0.1, 0.15) is 6.04 Å². The molecule has 0 aromatic heterocycles. The minimum atomic E-state index is -0.956. The molecule has 1 N–H and O–H groups in total. The van der Waals surface area contributed by atoms with Crippen molar-refractivity contribution in [3.63, 3.8) is 0 Å². The van der Waals surface area contributed by atoms with Gasteiger partial charge in [0.15, 0.2) is 0 Å². The Balaban J connectivity index is 2.03. The van der Waals surface area contributed by atoms with Crippen molar-refractivity contribution in [3.8, 4) is 11.8 Å². The highest BCUT2D eigenvalue weighted by Gasteiger charge is 2.35. The van der Waals surface area contributed by atoms with Crippen LogP contribution in [0.5, 0.6) is 0 Å². The van der Waals surface area contributed by atoms with E-state index in [2.05, 4.69) is 11.8 Å². The zero-order chi connectivity index (χ0) is 13.0. The summed E-state index contributed by atoms with van der Waals surface area (Å²) in [6.45, 7) is 0.171. The van der Waals surface area contributed by atoms with Gasteiger partial charge in [-0.15, -0.1) is 0 Å². The molecular weight excluding hydrogens is 230 g/mol. The summed E-state index contributed by atoms with van der Waals surface area (Å²) in [4.78, 5) is 23.8. The number of hydrogen-bond donors (Lipinski definition) is 1. The lowest BCUT2D eigenvalue weighted by atomic mass is 10.2. The SMILES string of the molecule is O=C(O)C1CCC(=O)N1CC#Cc1ccccc1. The topological polar surface area (TPSA) is 57.6 Å². The molecule has 0 spiro atoms. The number of nitrogens with zero attached hydrogens (tertiary/aromatic N) is 1. The van der Waals surface area contributed by atoms with Crippen molar-refractivity contribution >= 4 is 11.9 Å². The summed E-state index contributed by atoms with van der Waals surface area (Å²) in [7, 11) is 0. The molecule has 1 aliphatic heterocycles. The molecule has 1 aromatic rings. The molecule has 4 nitrogen and oxygen atoms in total. The Morgan fingerprint density at radius 3 is 2.78 bits per heavy atom. The fraction of sp³-hybridized carbons (Fsp3) is 0.286. The lowest BCUT2D eigenvalue weighted by Crippen LogP contribution is -2.38. The van der Waals surface area contributed by atoms with Crippen molar-refractivity contribution in [2.75, 3.05) is 6.54 Å². The van der Waals surface area contributed by atoms with Crippen LogP contribution in [-0.4, -0.2) is 34.5 Å². The van der Waals surface area contributed by atoms with Gasteiger partial charge in [0.2, 0.25) is 5.91 Å². The third-order valence-corrected chi connectivity index (χ3v) is 2.87. The monoisotopic (exact) mass is 243 g/mol. The number of hydrogen-bond acceptors (Lipinski definition) is 2. The van der Waals surface area contributed by atoms with E-state index in [1.54, 1.807) is 0 Å². The number of carbonyl (C=O) groups excluding carboxylic acids is 1. The number of carboxylic acid groups (broad SMARTS) is 1. The molecule has 1 aliphatic rings. The number of benzene rings is 1. The molecule has 1 saturated heterocycles. The van der Waals surface area contributed by atoms with Gasteiger partial charge in [0.05, 0.1) is 6.54 Å². The van der Waals surface area contributed by atoms with Gasteiger partial charge < -0.3 is 10.0 Å². The van der Waals surface area contributed by atoms with Crippen LogP contribution in [0.4, 0.5) is 0 Å². The summed E-state index contributed by atoms with van der Waals surface area (Å²) < 4.78 is 0. The first-order valence-electron chi connectivity index (χ1n) is 5.74. The summed E-state index contributed by atoms with van der Waals surface area (Å²) in [5, 5.41) is 8.98. The lowest BCUT2D eigenvalue weighted by Gasteiger charge is -2.18. The fourth-order valence-corrected chi connectivity index (χ4v) is 1.94. The standard InChI is InChI=1S/C14H13NO3/c16-13-9-8-12(14(17)18)15(13)10-4-7-11-5-2-1-3-6-11/h1-3,5-6,12H,8-10H2,(H,17,18). The molecule has 0 aliphatic carbocycles. The first-order valence-corrected chi connectivity index (χ1v) is 5.74. The van der Waals surface area contributed by atoms with E-state index in [0.29, 0.717) is 12.8 Å². The van der Waals surface area contributed by atoms with Gasteiger partial charge in [-0.1, -0.05) is 30.0 Å². The largest absolute Gasteiger partial charge is 0.480 e. The molecule has 1 unspecified atom stereocenters. The van der Waals surface area contributed by atoms with E-state index in [4.69, 9.17) is 5.11 Å². The molecule has 92 valence electrons. The van der Waals surface area contributed by atoms with Crippen LogP contribution in [0.25, 0.3) is 0 Å². The quantitative estimate of drug-likeness (QED) is 0.792. The molecule has 0 saturated carbocycles. The van der Waals surface area contributed by atoms with Crippen LogP contribution in [0.1, 0.15) is 18.4 Å². The highest BCUT2D eigenvalue weighted by Crippen LogP contribution is 2.17. The zero-order valence-electron chi connectivity index (χ0n) is 9.80. The second-order valence-corrected chi connectivity index (χ2v) is 4.08. The molecule has 1 amide bonds. The van der Waals surface area contributed by atoms with Crippen LogP contribution in [0.3, 0.4) is 0 Å². The van der Waals surface area contributed by atoms with Crippen LogP contribution in [-0.2, 0) is 9.59 Å². The third-order valence-electron chi connectivity index (χ3n) is 2.87. The van der Waals surface area contributed by atoms with Gasteiger partial charge in [-0.05, 0) is 18.6 Å². The Morgan fingerprint density at radius 2 is 2.11 bits per heavy atom. The van der Waals surface area contributed by atoms with Crippen LogP contribution >= 0.6 is 0 Å². The molecule has 0 radical (unpaired) electrons. The molecule has 1 heterocycles. The van der Waals surface area contributed by atoms with E-state index < -0.39 is 12.0 Å². The van der Waals surface area contributed by atoms with Crippen molar-refractivity contribution in [3.05, 3.63) is 35.9 Å². The number of carbonyl (C=O) groups is 2. The van der Waals surface area contributed by atoms with Crippen molar-refractivity contribution in [2.24, 2.45) is 0 Å². The van der Waals surface area contributed by atoms with Crippen LogP contribution in [0.2, 0.25) is 0 Å². The smallest absolute Gasteiger partial charge is 0.326 e. The molecule has 1 atom stereocenters. The Labute approximate surface area is 105 Å². The van der Waals surface area contributed by atoms with E-state index in [-0.39, 0.29) is 12.5 Å². The van der Waals surface area contributed by atoms with E-state index in [0.717, 1.165) is 5.56 Å². The molecule has 1 aromatic carbocycles. The molecule has 1 fully saturated rings. The van der Waals surface area contributed by atoms with Crippen molar-refractivity contribution in [1.29, 1.82) is 0 Å². The highest BCUT2D eigenvalue weighted by atomic mass is 16.4. The number of carboxylic acids is 1. The average Bonchev–Trinajstić information content (AvgIpc) is 2.73. The fourth-order valence-electron chi connectivity index (χ4n) is 1.94. The van der Waals surface area contributed by atoms with Gasteiger partial charge in [-0.2, -0.15) is 0 Å². The Kier molecular flexibility index (Phi) is 3.63. The molecule has 0 bridgehead atoms. The van der Waals surface area contributed by atoms with Gasteiger partial charge in [0.25, 0.3) is 0 Å². The van der Waals surface area contributed by atoms with Crippen LogP contribution in [0.15, 0.2) is 30.3 Å². The van der Waals surface area contributed by atoms with Gasteiger partial charge in [-0.25, -0.2) is 4.79 Å². The molecule has 4 heteroatoms. The third kappa shape index (κ3) is 2.69. The maximum atomic E-state index is 11.5. The number of amides is 1. The van der Waals surface area contributed by atoms with E-state index in [9.17, 15) is 9.59 Å². The van der Waals surface area contributed by atoms with Crippen LogP contribution < -0.4 is 0 Å². The number of aliphatic carboxylic acids is 1. The minimum absolute atomic E-state index is 0.134. The van der Waals surface area contributed by atoms with Crippen LogP contribution in [0, 0.1) is 11.8 Å². The van der Waals surface area contributed by atoms with E-state index in [1.165, 1.54) is 4.90 Å². The van der Waals surface area contributed by atoms with Gasteiger partial charge >= 0.3 is 5.97 Å². The van der Waals surface area contributed by atoms with Gasteiger partial charge in [-0.3, -0.25) is 4.79 Å². The summed E-state index contributed by atoms with van der Waals surface area (Å²) >= 11 is 0. The van der Waals surface area contributed by atoms with E-state index in [1.807, 2.05) is 30.3 Å². The Bertz CT molecular complexity index is 513. The van der Waals surface area contributed by atoms with Gasteiger partial charge in [0, 0.05) is 12.0 Å². The average molecular weight is 243 g/mol. The zero-order valence-corrected chi connectivity index (χ0v) is 9.80. The summed E-state index contributed by atoms with van der Waals surface area (Å²) in [5.41, 5.74) is 0.857.